The molecule has 2 aromatic rings. The molecule has 0 bridgehead atoms. The van der Waals surface area contributed by atoms with Crippen LogP contribution in [0.5, 0.6) is 5.88 Å². The van der Waals surface area contributed by atoms with Gasteiger partial charge < -0.3 is 9.47 Å². The maximum absolute atomic E-state index is 5.87. The van der Waals surface area contributed by atoms with Gasteiger partial charge in [0.2, 0.25) is 5.88 Å². The molecule has 5 heteroatoms. The molecule has 22 heavy (non-hydrogen) atoms. The summed E-state index contributed by atoms with van der Waals surface area (Å²) < 4.78 is 11.2. The SMILES string of the molecule is CCOc1ccc(CN2CCO[C@@H](c3cccnc3)C2)cn1. The molecule has 1 fully saturated rings. The quantitative estimate of drug-likeness (QED) is 0.848. The van der Waals surface area contributed by atoms with Crippen LogP contribution in [0.1, 0.15) is 24.2 Å². The highest BCUT2D eigenvalue weighted by atomic mass is 16.5. The van der Waals surface area contributed by atoms with E-state index in [1.165, 1.54) is 5.56 Å². The van der Waals surface area contributed by atoms with Crippen LogP contribution in [0.25, 0.3) is 0 Å². The molecule has 0 aromatic carbocycles. The smallest absolute Gasteiger partial charge is 0.213 e. The average Bonchev–Trinajstić information content (AvgIpc) is 2.58. The zero-order valence-electron chi connectivity index (χ0n) is 12.8. The van der Waals surface area contributed by atoms with E-state index in [-0.39, 0.29) is 6.10 Å². The number of aromatic nitrogens is 2. The van der Waals surface area contributed by atoms with Crippen molar-refractivity contribution in [2.75, 3.05) is 26.3 Å². The summed E-state index contributed by atoms with van der Waals surface area (Å²) >= 11 is 0. The van der Waals surface area contributed by atoms with Gasteiger partial charge in [0.15, 0.2) is 0 Å². The van der Waals surface area contributed by atoms with E-state index in [1.54, 1.807) is 6.20 Å². The number of morpholine rings is 1. The van der Waals surface area contributed by atoms with Gasteiger partial charge in [-0.2, -0.15) is 0 Å². The molecular weight excluding hydrogens is 278 g/mol. The first-order valence-electron chi connectivity index (χ1n) is 7.67. The Labute approximate surface area is 130 Å². The third kappa shape index (κ3) is 3.81. The topological polar surface area (TPSA) is 47.5 Å². The van der Waals surface area contributed by atoms with Crippen molar-refractivity contribution in [1.82, 2.24) is 14.9 Å². The van der Waals surface area contributed by atoms with Crippen molar-refractivity contribution < 1.29 is 9.47 Å². The largest absolute Gasteiger partial charge is 0.478 e. The normalized spacial score (nSPS) is 19.0. The van der Waals surface area contributed by atoms with Crippen LogP contribution in [0.2, 0.25) is 0 Å². The Bertz CT molecular complexity index is 574. The monoisotopic (exact) mass is 299 g/mol. The molecule has 0 radical (unpaired) electrons. The molecule has 116 valence electrons. The van der Waals surface area contributed by atoms with Gasteiger partial charge in [0.25, 0.3) is 0 Å². The summed E-state index contributed by atoms with van der Waals surface area (Å²) in [5, 5.41) is 0. The number of hydrogen-bond acceptors (Lipinski definition) is 5. The lowest BCUT2D eigenvalue weighted by Crippen LogP contribution is -2.37. The molecule has 1 atom stereocenters. The minimum atomic E-state index is 0.0955. The fourth-order valence-corrected chi connectivity index (χ4v) is 2.61. The molecule has 0 saturated carbocycles. The second-order valence-corrected chi connectivity index (χ2v) is 5.32. The Balaban J connectivity index is 1.60. The van der Waals surface area contributed by atoms with E-state index in [0.717, 1.165) is 31.8 Å². The fourth-order valence-electron chi connectivity index (χ4n) is 2.61. The Kier molecular flexibility index (Phi) is 4.98. The van der Waals surface area contributed by atoms with Gasteiger partial charge in [-0.3, -0.25) is 9.88 Å². The van der Waals surface area contributed by atoms with E-state index >= 15 is 0 Å². The maximum atomic E-state index is 5.87. The first kappa shape index (κ1) is 14.9. The minimum absolute atomic E-state index is 0.0955. The van der Waals surface area contributed by atoms with Crippen LogP contribution >= 0.6 is 0 Å². The van der Waals surface area contributed by atoms with E-state index in [1.807, 2.05) is 31.5 Å². The van der Waals surface area contributed by atoms with Crippen LogP contribution in [0, 0.1) is 0 Å². The van der Waals surface area contributed by atoms with Crippen molar-refractivity contribution in [3.63, 3.8) is 0 Å². The number of nitrogens with zero attached hydrogens (tertiary/aromatic N) is 3. The molecule has 1 saturated heterocycles. The van der Waals surface area contributed by atoms with Crippen molar-refractivity contribution in [2.45, 2.75) is 19.6 Å². The van der Waals surface area contributed by atoms with Gasteiger partial charge in [-0.1, -0.05) is 12.1 Å². The van der Waals surface area contributed by atoms with E-state index in [4.69, 9.17) is 9.47 Å². The minimum Gasteiger partial charge on any atom is -0.478 e. The zero-order valence-corrected chi connectivity index (χ0v) is 12.8. The summed E-state index contributed by atoms with van der Waals surface area (Å²) in [6.45, 7) is 6.02. The summed E-state index contributed by atoms with van der Waals surface area (Å²) in [5.41, 5.74) is 2.33. The van der Waals surface area contributed by atoms with Crippen LogP contribution in [-0.4, -0.2) is 41.2 Å². The second-order valence-electron chi connectivity index (χ2n) is 5.32. The molecule has 1 aliphatic rings. The van der Waals surface area contributed by atoms with E-state index in [9.17, 15) is 0 Å². The first-order chi connectivity index (χ1) is 10.8. The Morgan fingerprint density at radius 3 is 3.00 bits per heavy atom. The van der Waals surface area contributed by atoms with Gasteiger partial charge in [0.1, 0.15) is 0 Å². The molecule has 3 rings (SSSR count). The molecule has 3 heterocycles. The van der Waals surface area contributed by atoms with Gasteiger partial charge in [-0.25, -0.2) is 4.98 Å². The molecule has 0 unspecified atom stereocenters. The summed E-state index contributed by atoms with van der Waals surface area (Å²) in [4.78, 5) is 10.9. The predicted octanol–water partition coefficient (Wildman–Crippen LogP) is 2.45. The highest BCUT2D eigenvalue weighted by Crippen LogP contribution is 2.22. The third-order valence-electron chi connectivity index (χ3n) is 3.70. The van der Waals surface area contributed by atoms with Gasteiger partial charge in [-0.15, -0.1) is 0 Å². The third-order valence-corrected chi connectivity index (χ3v) is 3.70. The van der Waals surface area contributed by atoms with Gasteiger partial charge in [-0.05, 0) is 18.6 Å². The van der Waals surface area contributed by atoms with Crippen molar-refractivity contribution in [3.8, 4) is 5.88 Å². The van der Waals surface area contributed by atoms with Crippen LogP contribution in [-0.2, 0) is 11.3 Å². The second kappa shape index (κ2) is 7.33. The molecule has 1 aliphatic heterocycles. The summed E-state index contributed by atoms with van der Waals surface area (Å²) in [6, 6.07) is 8.03. The highest BCUT2D eigenvalue weighted by Gasteiger charge is 2.22. The van der Waals surface area contributed by atoms with Crippen LogP contribution < -0.4 is 4.74 Å². The zero-order chi connectivity index (χ0) is 15.2. The Morgan fingerprint density at radius 2 is 2.27 bits per heavy atom. The number of rotatable bonds is 5. The van der Waals surface area contributed by atoms with Crippen molar-refractivity contribution >= 4 is 0 Å². The van der Waals surface area contributed by atoms with Crippen LogP contribution in [0.15, 0.2) is 42.9 Å². The van der Waals surface area contributed by atoms with Gasteiger partial charge in [0, 0.05) is 49.9 Å². The maximum Gasteiger partial charge on any atom is 0.213 e. The van der Waals surface area contributed by atoms with Crippen molar-refractivity contribution in [3.05, 3.63) is 54.0 Å². The predicted molar refractivity (Wildman–Crippen MR) is 83.6 cm³/mol. The molecule has 0 spiro atoms. The lowest BCUT2D eigenvalue weighted by atomic mass is 10.1. The summed E-state index contributed by atoms with van der Waals surface area (Å²) in [7, 11) is 0. The summed E-state index contributed by atoms with van der Waals surface area (Å²) in [6.07, 6.45) is 5.65. The van der Waals surface area contributed by atoms with Crippen LogP contribution in [0.3, 0.4) is 0 Å². The average molecular weight is 299 g/mol. The first-order valence-corrected chi connectivity index (χ1v) is 7.67. The van der Waals surface area contributed by atoms with Gasteiger partial charge in [0.05, 0.1) is 19.3 Å². The van der Waals surface area contributed by atoms with Crippen LogP contribution in [0.4, 0.5) is 0 Å². The number of ether oxygens (including phenoxy) is 2. The fraction of sp³-hybridized carbons (Fsp3) is 0.412. The molecule has 0 aliphatic carbocycles. The highest BCUT2D eigenvalue weighted by molar-refractivity contribution is 5.18. The lowest BCUT2D eigenvalue weighted by molar-refractivity contribution is -0.0331. The molecule has 2 aromatic heterocycles. The lowest BCUT2D eigenvalue weighted by Gasteiger charge is -2.33. The standard InChI is InChI=1S/C17H21N3O2/c1-2-21-17-6-5-14(10-19-17)12-20-8-9-22-16(13-20)15-4-3-7-18-11-15/h3-7,10-11,16H,2,8-9,12-13H2,1H3/t16-/m1/s1. The molecular formula is C17H21N3O2. The molecule has 0 N–H and O–H groups in total. The van der Waals surface area contributed by atoms with Gasteiger partial charge >= 0.3 is 0 Å². The van der Waals surface area contributed by atoms with E-state index in [0.29, 0.717) is 12.5 Å². The summed E-state index contributed by atoms with van der Waals surface area (Å²) in [5.74, 6) is 0.682. The number of hydrogen-bond donors (Lipinski definition) is 0. The van der Waals surface area contributed by atoms with E-state index in [2.05, 4.69) is 27.0 Å². The molecule has 5 nitrogen and oxygen atoms in total. The Hall–Kier alpha value is -1.98. The Morgan fingerprint density at radius 1 is 1.32 bits per heavy atom. The van der Waals surface area contributed by atoms with Crippen molar-refractivity contribution in [2.24, 2.45) is 0 Å². The van der Waals surface area contributed by atoms with Crippen molar-refractivity contribution in [1.29, 1.82) is 0 Å². The number of pyridine rings is 2. The molecule has 0 amide bonds. The van der Waals surface area contributed by atoms with E-state index < -0.39 is 0 Å².